The van der Waals surface area contributed by atoms with Crippen molar-refractivity contribution in [2.24, 2.45) is 0 Å². The zero-order valence-electron chi connectivity index (χ0n) is 20.2. The summed E-state index contributed by atoms with van der Waals surface area (Å²) in [6.45, 7) is 1.81. The molecule has 0 saturated carbocycles. The minimum absolute atomic E-state index is 0.182. The van der Waals surface area contributed by atoms with Crippen molar-refractivity contribution in [1.82, 2.24) is 0 Å². The van der Waals surface area contributed by atoms with Crippen molar-refractivity contribution in [2.45, 2.75) is 17.1 Å². The molecule has 0 saturated heterocycles. The van der Waals surface area contributed by atoms with E-state index in [0.717, 1.165) is 4.90 Å². The number of benzene rings is 3. The summed E-state index contributed by atoms with van der Waals surface area (Å²) in [6.07, 6.45) is 0. The third-order valence-electron chi connectivity index (χ3n) is 5.05. The molecule has 1 atom stereocenters. The molecule has 0 aliphatic rings. The molecular formula is C26H28N2O6S. The van der Waals surface area contributed by atoms with Crippen LogP contribution in [0.15, 0.2) is 65.6 Å². The molecule has 0 heterocycles. The first kappa shape index (κ1) is 25.8. The van der Waals surface area contributed by atoms with Crippen LogP contribution in [0.2, 0.25) is 0 Å². The van der Waals surface area contributed by atoms with Gasteiger partial charge in [0.05, 0.1) is 33.7 Å². The lowest BCUT2D eigenvalue weighted by Crippen LogP contribution is -2.22. The summed E-state index contributed by atoms with van der Waals surface area (Å²) in [4.78, 5) is 26.6. The van der Waals surface area contributed by atoms with Crippen LogP contribution in [0.1, 0.15) is 17.3 Å². The first-order valence-corrected chi connectivity index (χ1v) is 11.6. The van der Waals surface area contributed by atoms with E-state index in [2.05, 4.69) is 10.6 Å². The lowest BCUT2D eigenvalue weighted by Gasteiger charge is -2.15. The number of ether oxygens (including phenoxy) is 4. The molecule has 0 aliphatic carbocycles. The van der Waals surface area contributed by atoms with Crippen LogP contribution in [0, 0.1) is 0 Å². The van der Waals surface area contributed by atoms with E-state index in [-0.39, 0.29) is 11.8 Å². The molecule has 184 valence electrons. The molecule has 2 amide bonds. The molecule has 0 bridgehead atoms. The molecule has 0 spiro atoms. The summed E-state index contributed by atoms with van der Waals surface area (Å²) in [5, 5.41) is 5.35. The van der Waals surface area contributed by atoms with Crippen molar-refractivity contribution in [3.63, 3.8) is 0 Å². The molecule has 3 aromatic carbocycles. The van der Waals surface area contributed by atoms with Gasteiger partial charge in [0.2, 0.25) is 5.91 Å². The molecule has 3 aromatic rings. The van der Waals surface area contributed by atoms with Crippen molar-refractivity contribution >= 4 is 35.0 Å². The van der Waals surface area contributed by atoms with Gasteiger partial charge in [0, 0.05) is 34.5 Å². The second-order valence-electron chi connectivity index (χ2n) is 7.37. The minimum Gasteiger partial charge on any atom is -0.497 e. The van der Waals surface area contributed by atoms with E-state index in [4.69, 9.17) is 18.9 Å². The molecule has 2 N–H and O–H groups in total. The quantitative estimate of drug-likeness (QED) is 0.378. The largest absolute Gasteiger partial charge is 0.497 e. The predicted molar refractivity (Wildman–Crippen MR) is 137 cm³/mol. The summed E-state index contributed by atoms with van der Waals surface area (Å²) in [6, 6.07) is 17.6. The number of thioether (sulfide) groups is 1. The molecule has 3 rings (SSSR count). The SMILES string of the molecule is COc1cc(NC(=O)C(C)Sc2cccc(NC(=O)c3c(OC)cccc3OC)c2)cc(OC)c1. The Morgan fingerprint density at radius 1 is 0.743 bits per heavy atom. The molecule has 35 heavy (non-hydrogen) atoms. The Kier molecular flexibility index (Phi) is 8.86. The average Bonchev–Trinajstić information content (AvgIpc) is 2.87. The third-order valence-corrected chi connectivity index (χ3v) is 6.14. The van der Waals surface area contributed by atoms with Crippen molar-refractivity contribution in [2.75, 3.05) is 39.1 Å². The second-order valence-corrected chi connectivity index (χ2v) is 8.78. The summed E-state index contributed by atoms with van der Waals surface area (Å²) >= 11 is 1.37. The van der Waals surface area contributed by atoms with Crippen LogP contribution in [0.3, 0.4) is 0 Å². The maximum atomic E-state index is 13.0. The highest BCUT2D eigenvalue weighted by Gasteiger charge is 2.19. The summed E-state index contributed by atoms with van der Waals surface area (Å²) in [5.74, 6) is 1.43. The number of carbonyl (C=O) groups is 2. The van der Waals surface area contributed by atoms with Crippen LogP contribution in [-0.4, -0.2) is 45.5 Å². The van der Waals surface area contributed by atoms with E-state index >= 15 is 0 Å². The zero-order chi connectivity index (χ0) is 25.4. The van der Waals surface area contributed by atoms with Crippen LogP contribution in [0.4, 0.5) is 11.4 Å². The first-order chi connectivity index (χ1) is 16.9. The normalized spacial score (nSPS) is 11.2. The van der Waals surface area contributed by atoms with Crippen molar-refractivity contribution < 1.29 is 28.5 Å². The number of amides is 2. The fourth-order valence-electron chi connectivity index (χ4n) is 3.30. The highest BCUT2D eigenvalue weighted by atomic mass is 32.2. The lowest BCUT2D eigenvalue weighted by molar-refractivity contribution is -0.115. The Morgan fingerprint density at radius 3 is 1.91 bits per heavy atom. The number of nitrogens with one attached hydrogen (secondary N) is 2. The van der Waals surface area contributed by atoms with Gasteiger partial charge in [0.1, 0.15) is 28.6 Å². The number of rotatable bonds is 10. The Hall–Kier alpha value is -3.85. The topological polar surface area (TPSA) is 95.1 Å². The monoisotopic (exact) mass is 496 g/mol. The van der Waals surface area contributed by atoms with Gasteiger partial charge in [-0.1, -0.05) is 12.1 Å². The van der Waals surface area contributed by atoms with Crippen LogP contribution in [0.5, 0.6) is 23.0 Å². The van der Waals surface area contributed by atoms with E-state index in [0.29, 0.717) is 39.9 Å². The van der Waals surface area contributed by atoms with Crippen LogP contribution >= 0.6 is 11.8 Å². The molecule has 0 aromatic heterocycles. The summed E-state index contributed by atoms with van der Waals surface area (Å²) in [7, 11) is 6.09. The Balaban J connectivity index is 1.70. The fraction of sp³-hybridized carbons (Fsp3) is 0.231. The van der Waals surface area contributed by atoms with Gasteiger partial charge in [0.25, 0.3) is 5.91 Å². The van der Waals surface area contributed by atoms with Gasteiger partial charge in [0.15, 0.2) is 0 Å². The molecule has 0 fully saturated rings. The summed E-state index contributed by atoms with van der Waals surface area (Å²) < 4.78 is 21.2. The highest BCUT2D eigenvalue weighted by Crippen LogP contribution is 2.31. The van der Waals surface area contributed by atoms with Gasteiger partial charge in [-0.3, -0.25) is 9.59 Å². The van der Waals surface area contributed by atoms with Crippen LogP contribution in [0.25, 0.3) is 0 Å². The van der Waals surface area contributed by atoms with Gasteiger partial charge in [-0.15, -0.1) is 11.8 Å². The standard InChI is InChI=1S/C26H28N2O6S/c1-16(25(29)28-18-12-19(31-2)15-20(13-18)32-3)35-21-9-6-8-17(14-21)27-26(30)24-22(33-4)10-7-11-23(24)34-5/h6-16H,1-5H3,(H,27,30)(H,28,29). The van der Waals surface area contributed by atoms with Gasteiger partial charge in [-0.2, -0.15) is 0 Å². The Morgan fingerprint density at radius 2 is 1.34 bits per heavy atom. The number of hydrogen-bond donors (Lipinski definition) is 2. The van der Waals surface area contributed by atoms with Gasteiger partial charge >= 0.3 is 0 Å². The van der Waals surface area contributed by atoms with Crippen LogP contribution < -0.4 is 29.6 Å². The molecule has 8 nitrogen and oxygen atoms in total. The highest BCUT2D eigenvalue weighted by molar-refractivity contribution is 8.00. The average molecular weight is 497 g/mol. The van der Waals surface area contributed by atoms with Gasteiger partial charge in [-0.05, 0) is 37.3 Å². The Labute approximate surface area is 208 Å². The van der Waals surface area contributed by atoms with Crippen molar-refractivity contribution in [1.29, 1.82) is 0 Å². The fourth-order valence-corrected chi connectivity index (χ4v) is 4.22. The molecule has 1 unspecified atom stereocenters. The molecule has 0 radical (unpaired) electrons. The summed E-state index contributed by atoms with van der Waals surface area (Å²) in [5.41, 5.74) is 1.46. The maximum Gasteiger partial charge on any atom is 0.263 e. The first-order valence-electron chi connectivity index (χ1n) is 10.7. The molecule has 9 heteroatoms. The van der Waals surface area contributed by atoms with Gasteiger partial charge < -0.3 is 29.6 Å². The maximum absolute atomic E-state index is 13.0. The second kappa shape index (κ2) is 12.0. The zero-order valence-corrected chi connectivity index (χ0v) is 21.0. The van der Waals surface area contributed by atoms with E-state index < -0.39 is 5.25 Å². The Bertz CT molecular complexity index is 1160. The number of anilines is 2. The molecule has 0 aliphatic heterocycles. The number of hydrogen-bond acceptors (Lipinski definition) is 7. The van der Waals surface area contributed by atoms with Gasteiger partial charge in [-0.25, -0.2) is 0 Å². The smallest absolute Gasteiger partial charge is 0.263 e. The molecular weight excluding hydrogens is 468 g/mol. The van der Waals surface area contributed by atoms with E-state index in [1.807, 2.05) is 25.1 Å². The van der Waals surface area contributed by atoms with E-state index in [1.54, 1.807) is 56.7 Å². The number of methoxy groups -OCH3 is 4. The predicted octanol–water partition coefficient (Wildman–Crippen LogP) is 5.09. The third kappa shape index (κ3) is 6.60. The number of carbonyl (C=O) groups excluding carboxylic acids is 2. The lowest BCUT2D eigenvalue weighted by atomic mass is 10.1. The van der Waals surface area contributed by atoms with Crippen molar-refractivity contribution in [3.05, 3.63) is 66.2 Å². The van der Waals surface area contributed by atoms with E-state index in [1.165, 1.54) is 26.0 Å². The van der Waals surface area contributed by atoms with Crippen molar-refractivity contribution in [3.8, 4) is 23.0 Å². The van der Waals surface area contributed by atoms with Crippen LogP contribution in [-0.2, 0) is 4.79 Å². The minimum atomic E-state index is -0.410. The van der Waals surface area contributed by atoms with E-state index in [9.17, 15) is 9.59 Å².